The maximum absolute atomic E-state index is 12.9. The number of rotatable bonds is 5. The van der Waals surface area contributed by atoms with Gasteiger partial charge in [-0.25, -0.2) is 9.18 Å². The van der Waals surface area contributed by atoms with Crippen molar-refractivity contribution in [3.8, 4) is 0 Å². The quantitative estimate of drug-likeness (QED) is 0.657. The Hall–Kier alpha value is -2.86. The van der Waals surface area contributed by atoms with Crippen LogP contribution in [0.5, 0.6) is 0 Å². The molecule has 1 aromatic heterocycles. The number of furan rings is 1. The van der Waals surface area contributed by atoms with Gasteiger partial charge in [-0.15, -0.1) is 0 Å². The largest absolute Gasteiger partial charge is 0.449 e. The van der Waals surface area contributed by atoms with Gasteiger partial charge in [0.05, 0.1) is 0 Å². The topological polar surface area (TPSA) is 68.5 Å². The van der Waals surface area contributed by atoms with E-state index in [9.17, 15) is 14.0 Å². The molecule has 0 aliphatic carbocycles. The lowest BCUT2D eigenvalue weighted by Crippen LogP contribution is -2.35. The van der Waals surface area contributed by atoms with E-state index in [4.69, 9.17) is 20.8 Å². The van der Waals surface area contributed by atoms with E-state index >= 15 is 0 Å². The molecule has 7 heteroatoms. The second-order valence-corrected chi connectivity index (χ2v) is 6.52. The maximum Gasteiger partial charge on any atom is 0.375 e. The molecule has 1 N–H and O–H groups in total. The van der Waals surface area contributed by atoms with Gasteiger partial charge in [0.15, 0.2) is 6.10 Å². The highest BCUT2D eigenvalue weighted by Crippen LogP contribution is 2.28. The van der Waals surface area contributed by atoms with E-state index in [1.807, 2.05) is 0 Å². The fourth-order valence-corrected chi connectivity index (χ4v) is 2.76. The van der Waals surface area contributed by atoms with Gasteiger partial charge in [-0.2, -0.15) is 0 Å². The van der Waals surface area contributed by atoms with Crippen molar-refractivity contribution < 1.29 is 23.1 Å². The number of fused-ring (bicyclic) bond motifs is 1. The average Bonchev–Trinajstić information content (AvgIpc) is 2.97. The lowest BCUT2D eigenvalue weighted by molar-refractivity contribution is -0.129. The summed E-state index contributed by atoms with van der Waals surface area (Å²) in [5, 5.41) is 3.88. The highest BCUT2D eigenvalue weighted by atomic mass is 35.5. The molecule has 3 rings (SSSR count). The number of carbonyl (C=O) groups is 2. The zero-order chi connectivity index (χ0) is 19.6. The number of hydrogen-bond donors (Lipinski definition) is 1. The molecule has 1 amide bonds. The van der Waals surface area contributed by atoms with Gasteiger partial charge < -0.3 is 14.5 Å². The molecule has 5 nitrogen and oxygen atoms in total. The lowest BCUT2D eigenvalue weighted by atomic mass is 10.1. The molecule has 140 valence electrons. The van der Waals surface area contributed by atoms with Crippen molar-refractivity contribution in [2.75, 3.05) is 0 Å². The zero-order valence-corrected chi connectivity index (χ0v) is 15.5. The number of benzene rings is 2. The van der Waals surface area contributed by atoms with E-state index in [2.05, 4.69) is 5.32 Å². The van der Waals surface area contributed by atoms with Crippen molar-refractivity contribution in [3.05, 3.63) is 70.2 Å². The Labute approximate surface area is 160 Å². The Morgan fingerprint density at radius 2 is 1.93 bits per heavy atom. The molecular formula is C20H17ClFNO4. The Kier molecular flexibility index (Phi) is 5.46. The summed E-state index contributed by atoms with van der Waals surface area (Å²) in [5.41, 5.74) is 1.84. The summed E-state index contributed by atoms with van der Waals surface area (Å²) in [6.07, 6.45) is -1.02. The van der Waals surface area contributed by atoms with Crippen molar-refractivity contribution in [3.63, 3.8) is 0 Å². The van der Waals surface area contributed by atoms with Crippen LogP contribution in [0, 0.1) is 12.7 Å². The van der Waals surface area contributed by atoms with E-state index in [0.717, 1.165) is 5.56 Å². The Morgan fingerprint density at radius 1 is 1.22 bits per heavy atom. The third kappa shape index (κ3) is 4.28. The molecular weight excluding hydrogens is 373 g/mol. The van der Waals surface area contributed by atoms with E-state index in [0.29, 0.717) is 21.6 Å². The van der Waals surface area contributed by atoms with Crippen LogP contribution in [0.3, 0.4) is 0 Å². The second kappa shape index (κ2) is 7.80. The van der Waals surface area contributed by atoms with Gasteiger partial charge in [-0.3, -0.25) is 4.79 Å². The van der Waals surface area contributed by atoms with Crippen LogP contribution in [0.1, 0.15) is 28.6 Å². The molecule has 0 bridgehead atoms. The number of carbonyl (C=O) groups excluding carboxylic acids is 2. The minimum Gasteiger partial charge on any atom is -0.449 e. The van der Waals surface area contributed by atoms with Crippen LogP contribution in [0.2, 0.25) is 5.02 Å². The zero-order valence-electron chi connectivity index (χ0n) is 14.7. The summed E-state index contributed by atoms with van der Waals surface area (Å²) in [6, 6.07) is 10.8. The smallest absolute Gasteiger partial charge is 0.375 e. The Balaban J connectivity index is 1.63. The number of aryl methyl sites for hydroxylation is 1. The Morgan fingerprint density at radius 3 is 2.63 bits per heavy atom. The molecule has 0 aliphatic heterocycles. The molecule has 1 heterocycles. The van der Waals surface area contributed by atoms with Gasteiger partial charge in [0.25, 0.3) is 5.91 Å². The predicted molar refractivity (Wildman–Crippen MR) is 99.1 cm³/mol. The maximum atomic E-state index is 12.9. The monoisotopic (exact) mass is 389 g/mol. The molecule has 0 fully saturated rings. The minimum absolute atomic E-state index is 0.0328. The Bertz CT molecular complexity index is 997. The standard InChI is InChI=1S/C20H17ClFNO4/c1-11-16-9-14(21)5-8-17(16)27-18(11)20(25)26-12(2)19(24)23-10-13-3-6-15(22)7-4-13/h3-9,12H,10H2,1-2H3,(H,23,24). The van der Waals surface area contributed by atoms with Crippen LogP contribution < -0.4 is 5.32 Å². The summed E-state index contributed by atoms with van der Waals surface area (Å²) in [5.74, 6) is -1.52. The van der Waals surface area contributed by atoms with Gasteiger partial charge in [0.1, 0.15) is 11.4 Å². The predicted octanol–water partition coefficient (Wildman–Crippen LogP) is 4.40. The third-order valence-electron chi connectivity index (χ3n) is 4.12. The summed E-state index contributed by atoms with van der Waals surface area (Å²) < 4.78 is 23.6. The molecule has 27 heavy (non-hydrogen) atoms. The molecule has 3 aromatic rings. The van der Waals surface area contributed by atoms with Crippen molar-refractivity contribution in [1.82, 2.24) is 5.32 Å². The van der Waals surface area contributed by atoms with E-state index < -0.39 is 18.0 Å². The van der Waals surface area contributed by atoms with Crippen molar-refractivity contribution in [1.29, 1.82) is 0 Å². The second-order valence-electron chi connectivity index (χ2n) is 6.09. The van der Waals surface area contributed by atoms with Gasteiger partial charge in [0.2, 0.25) is 5.76 Å². The summed E-state index contributed by atoms with van der Waals surface area (Å²) in [7, 11) is 0. The molecule has 0 spiro atoms. The molecule has 0 saturated heterocycles. The number of amides is 1. The number of ether oxygens (including phenoxy) is 1. The van der Waals surface area contributed by atoms with Crippen LogP contribution in [0.25, 0.3) is 11.0 Å². The highest BCUT2D eigenvalue weighted by molar-refractivity contribution is 6.31. The van der Waals surface area contributed by atoms with Crippen molar-refractivity contribution >= 4 is 34.4 Å². The fraction of sp³-hybridized carbons (Fsp3) is 0.200. The first-order chi connectivity index (χ1) is 12.8. The molecule has 1 unspecified atom stereocenters. The molecule has 0 saturated carbocycles. The number of hydrogen-bond acceptors (Lipinski definition) is 4. The fourth-order valence-electron chi connectivity index (χ4n) is 2.59. The normalized spacial score (nSPS) is 12.0. The van der Waals surface area contributed by atoms with Gasteiger partial charge in [0, 0.05) is 22.5 Å². The van der Waals surface area contributed by atoms with Crippen LogP contribution in [-0.2, 0) is 16.1 Å². The average molecular weight is 390 g/mol. The van der Waals surface area contributed by atoms with E-state index in [-0.39, 0.29) is 18.1 Å². The first-order valence-corrected chi connectivity index (χ1v) is 8.64. The van der Waals surface area contributed by atoms with Gasteiger partial charge in [-0.05, 0) is 49.7 Å². The molecule has 0 aliphatic rings. The van der Waals surface area contributed by atoms with Crippen LogP contribution in [0.15, 0.2) is 46.9 Å². The number of esters is 1. The van der Waals surface area contributed by atoms with E-state index in [1.54, 1.807) is 37.3 Å². The van der Waals surface area contributed by atoms with Crippen LogP contribution >= 0.6 is 11.6 Å². The first-order valence-electron chi connectivity index (χ1n) is 8.27. The molecule has 0 radical (unpaired) electrons. The third-order valence-corrected chi connectivity index (χ3v) is 4.35. The molecule has 2 aromatic carbocycles. The van der Waals surface area contributed by atoms with Crippen LogP contribution in [0.4, 0.5) is 4.39 Å². The van der Waals surface area contributed by atoms with Gasteiger partial charge >= 0.3 is 5.97 Å². The van der Waals surface area contributed by atoms with Gasteiger partial charge in [-0.1, -0.05) is 23.7 Å². The van der Waals surface area contributed by atoms with Crippen LogP contribution in [-0.4, -0.2) is 18.0 Å². The number of halogens is 2. The van der Waals surface area contributed by atoms with Crippen molar-refractivity contribution in [2.24, 2.45) is 0 Å². The molecule has 1 atom stereocenters. The first kappa shape index (κ1) is 18.9. The minimum atomic E-state index is -1.02. The summed E-state index contributed by atoms with van der Waals surface area (Å²) in [4.78, 5) is 24.5. The number of nitrogens with one attached hydrogen (secondary N) is 1. The van der Waals surface area contributed by atoms with E-state index in [1.165, 1.54) is 19.1 Å². The SMILES string of the molecule is Cc1c(C(=O)OC(C)C(=O)NCc2ccc(F)cc2)oc2ccc(Cl)cc12. The lowest BCUT2D eigenvalue weighted by Gasteiger charge is -2.13. The summed E-state index contributed by atoms with van der Waals surface area (Å²) >= 11 is 5.97. The highest BCUT2D eigenvalue weighted by Gasteiger charge is 2.24. The summed E-state index contributed by atoms with van der Waals surface area (Å²) in [6.45, 7) is 3.38. The van der Waals surface area contributed by atoms with Crippen molar-refractivity contribution in [2.45, 2.75) is 26.5 Å².